The summed E-state index contributed by atoms with van der Waals surface area (Å²) in [4.78, 5) is 24.9. The van der Waals surface area contributed by atoms with Crippen LogP contribution in [-0.2, 0) is 19.1 Å². The largest absolute Gasteiger partial charge is 0.458 e. The van der Waals surface area contributed by atoms with Crippen LogP contribution < -0.4 is 0 Å². The van der Waals surface area contributed by atoms with Gasteiger partial charge in [0.05, 0.1) is 11.5 Å². The molecule has 1 saturated heterocycles. The van der Waals surface area contributed by atoms with E-state index in [1.807, 2.05) is 26.0 Å². The average molecular weight is 356 g/mol. The van der Waals surface area contributed by atoms with E-state index in [1.165, 1.54) is 0 Å². The van der Waals surface area contributed by atoms with Crippen molar-refractivity contribution in [1.82, 2.24) is 0 Å². The fourth-order valence-corrected chi connectivity index (χ4v) is 4.51. The van der Waals surface area contributed by atoms with Crippen LogP contribution in [0.15, 0.2) is 46.6 Å². The molecule has 5 heteroatoms. The third-order valence-corrected chi connectivity index (χ3v) is 6.26. The maximum atomic E-state index is 12.6. The van der Waals surface area contributed by atoms with Crippen molar-refractivity contribution in [2.75, 3.05) is 0 Å². The van der Waals surface area contributed by atoms with Crippen molar-refractivity contribution in [3.05, 3.63) is 46.6 Å². The summed E-state index contributed by atoms with van der Waals surface area (Å²) in [5.74, 6) is -0.722. The molecule has 2 aliphatic heterocycles. The third kappa shape index (κ3) is 2.57. The van der Waals surface area contributed by atoms with Crippen molar-refractivity contribution in [2.24, 2.45) is 5.41 Å². The number of aliphatic hydroxyl groups excluding tert-OH is 1. The van der Waals surface area contributed by atoms with E-state index in [0.717, 1.165) is 17.6 Å². The number of allylic oxidation sites excluding steroid dienone is 3. The number of hydrogen-bond acceptors (Lipinski definition) is 5. The van der Waals surface area contributed by atoms with Gasteiger partial charge in [0.25, 0.3) is 0 Å². The molecule has 4 aliphatic rings. The second-order valence-corrected chi connectivity index (χ2v) is 7.79. The van der Waals surface area contributed by atoms with Gasteiger partial charge in [0.1, 0.15) is 12.2 Å². The van der Waals surface area contributed by atoms with Crippen molar-refractivity contribution in [3.63, 3.8) is 0 Å². The van der Waals surface area contributed by atoms with E-state index in [2.05, 4.69) is 12.2 Å². The molecule has 0 saturated carbocycles. The van der Waals surface area contributed by atoms with Gasteiger partial charge in [0, 0.05) is 24.0 Å². The molecule has 2 aliphatic carbocycles. The van der Waals surface area contributed by atoms with Crippen LogP contribution in [0.5, 0.6) is 0 Å². The summed E-state index contributed by atoms with van der Waals surface area (Å²) in [5.41, 5.74) is 2.36. The summed E-state index contributed by atoms with van der Waals surface area (Å²) in [7, 11) is 0. The minimum absolute atomic E-state index is 0.234. The molecule has 1 fully saturated rings. The number of hydrogen-bond donors (Lipinski definition) is 1. The number of esters is 2. The second-order valence-electron chi connectivity index (χ2n) is 7.79. The zero-order chi connectivity index (χ0) is 18.5. The molecule has 4 rings (SSSR count). The molecule has 1 N–H and O–H groups in total. The Bertz CT molecular complexity index is 784. The predicted molar refractivity (Wildman–Crippen MR) is 95.0 cm³/mol. The summed E-state index contributed by atoms with van der Waals surface area (Å²) < 4.78 is 11.2. The van der Waals surface area contributed by atoms with Crippen LogP contribution in [0.1, 0.15) is 46.0 Å². The van der Waals surface area contributed by atoms with Crippen molar-refractivity contribution < 1.29 is 24.2 Å². The summed E-state index contributed by atoms with van der Waals surface area (Å²) in [6.45, 7) is 3.80. The number of carbonyl (C=O) groups excluding carboxylic acids is 2. The number of ether oxygens (including phenoxy) is 2. The molecule has 2 heterocycles. The van der Waals surface area contributed by atoms with E-state index in [0.29, 0.717) is 30.4 Å². The first kappa shape index (κ1) is 17.3. The maximum Gasteiger partial charge on any atom is 0.334 e. The lowest BCUT2D eigenvalue weighted by Crippen LogP contribution is -2.43. The summed E-state index contributed by atoms with van der Waals surface area (Å²) in [6.07, 6.45) is 9.64. The zero-order valence-electron chi connectivity index (χ0n) is 15.2. The molecule has 0 aromatic rings. The Morgan fingerprint density at radius 3 is 2.73 bits per heavy atom. The average Bonchev–Trinajstić information content (AvgIpc) is 3.20. The van der Waals surface area contributed by atoms with Gasteiger partial charge in [-0.15, -0.1) is 0 Å². The van der Waals surface area contributed by atoms with E-state index in [-0.39, 0.29) is 24.5 Å². The van der Waals surface area contributed by atoms with Gasteiger partial charge >= 0.3 is 11.9 Å². The lowest BCUT2D eigenvalue weighted by Gasteiger charge is -2.37. The summed E-state index contributed by atoms with van der Waals surface area (Å²) in [6, 6.07) is 0. The van der Waals surface area contributed by atoms with E-state index < -0.39 is 17.6 Å². The molecule has 138 valence electrons. The zero-order valence-corrected chi connectivity index (χ0v) is 15.2. The first-order valence-electron chi connectivity index (χ1n) is 9.27. The highest BCUT2D eigenvalue weighted by molar-refractivity contribution is 5.94. The Balaban J connectivity index is 1.59. The lowest BCUT2D eigenvalue weighted by atomic mass is 9.68. The molecule has 0 aromatic heterocycles. The minimum Gasteiger partial charge on any atom is -0.458 e. The molecule has 5 nitrogen and oxygen atoms in total. The molecule has 0 amide bonds. The molecule has 4 unspecified atom stereocenters. The number of cyclic esters (lactones) is 2. The molecular formula is C21H24O5. The third-order valence-electron chi connectivity index (χ3n) is 6.26. The molecule has 0 aromatic carbocycles. The number of fused-ring (bicyclic) bond motifs is 1. The highest BCUT2D eigenvalue weighted by Gasteiger charge is 2.55. The van der Waals surface area contributed by atoms with Crippen LogP contribution in [0, 0.1) is 5.41 Å². The Kier molecular flexibility index (Phi) is 4.14. The number of carbonyl (C=O) groups is 2. The Labute approximate surface area is 153 Å². The van der Waals surface area contributed by atoms with E-state index in [9.17, 15) is 14.7 Å². The topological polar surface area (TPSA) is 72.8 Å². The SMILES string of the molecule is CC1=C(CC2OC(=O)C3=CCCC(O)C32C)C(=O)OC(C2=CCC=C2)C1. The van der Waals surface area contributed by atoms with Crippen LogP contribution in [0.3, 0.4) is 0 Å². The highest BCUT2D eigenvalue weighted by Crippen LogP contribution is 2.49. The van der Waals surface area contributed by atoms with Crippen LogP contribution in [0.25, 0.3) is 0 Å². The Hall–Kier alpha value is -2.14. The maximum absolute atomic E-state index is 12.6. The molecular weight excluding hydrogens is 332 g/mol. The Morgan fingerprint density at radius 1 is 1.23 bits per heavy atom. The fourth-order valence-electron chi connectivity index (χ4n) is 4.51. The molecule has 0 radical (unpaired) electrons. The van der Waals surface area contributed by atoms with Crippen LogP contribution in [0.2, 0.25) is 0 Å². The second kappa shape index (κ2) is 6.23. The van der Waals surface area contributed by atoms with Gasteiger partial charge in [-0.05, 0) is 38.7 Å². The van der Waals surface area contributed by atoms with Gasteiger partial charge in [-0.3, -0.25) is 0 Å². The van der Waals surface area contributed by atoms with Crippen LogP contribution >= 0.6 is 0 Å². The minimum atomic E-state index is -0.767. The molecule has 0 bridgehead atoms. The highest BCUT2D eigenvalue weighted by atomic mass is 16.6. The van der Waals surface area contributed by atoms with Gasteiger partial charge in [-0.25, -0.2) is 9.59 Å². The van der Waals surface area contributed by atoms with Crippen LogP contribution in [-0.4, -0.2) is 35.4 Å². The van der Waals surface area contributed by atoms with Gasteiger partial charge in [0.15, 0.2) is 0 Å². The number of aliphatic hydroxyl groups is 1. The standard InChI is InChI=1S/C21H24O5/c1-12-10-16(13-6-3-4-7-13)25-19(23)14(12)11-18-21(2)15(20(24)26-18)8-5-9-17(21)22/h3,6-8,16-18,22H,4-5,9-11H2,1-2H3. The van der Waals surface area contributed by atoms with Gasteiger partial charge < -0.3 is 14.6 Å². The van der Waals surface area contributed by atoms with Gasteiger partial charge in [0.2, 0.25) is 0 Å². The van der Waals surface area contributed by atoms with E-state index in [4.69, 9.17) is 9.47 Å². The quantitative estimate of drug-likeness (QED) is 0.787. The molecule has 0 spiro atoms. The first-order valence-corrected chi connectivity index (χ1v) is 9.27. The normalized spacial score (nSPS) is 36.5. The first-order chi connectivity index (χ1) is 12.4. The van der Waals surface area contributed by atoms with Crippen molar-refractivity contribution in [3.8, 4) is 0 Å². The monoisotopic (exact) mass is 356 g/mol. The van der Waals surface area contributed by atoms with Crippen molar-refractivity contribution in [1.29, 1.82) is 0 Å². The van der Waals surface area contributed by atoms with E-state index in [1.54, 1.807) is 0 Å². The lowest BCUT2D eigenvalue weighted by molar-refractivity contribution is -0.147. The van der Waals surface area contributed by atoms with E-state index >= 15 is 0 Å². The molecule has 4 atom stereocenters. The Morgan fingerprint density at radius 2 is 2.04 bits per heavy atom. The predicted octanol–water partition coefficient (Wildman–Crippen LogP) is 2.91. The summed E-state index contributed by atoms with van der Waals surface area (Å²) >= 11 is 0. The number of rotatable bonds is 3. The van der Waals surface area contributed by atoms with Gasteiger partial charge in [-0.2, -0.15) is 0 Å². The summed E-state index contributed by atoms with van der Waals surface area (Å²) in [5, 5.41) is 10.6. The fraction of sp³-hybridized carbons (Fsp3) is 0.524. The smallest absolute Gasteiger partial charge is 0.334 e. The molecule has 26 heavy (non-hydrogen) atoms. The van der Waals surface area contributed by atoms with Crippen molar-refractivity contribution >= 4 is 11.9 Å². The van der Waals surface area contributed by atoms with Gasteiger partial charge in [-0.1, -0.05) is 29.9 Å². The van der Waals surface area contributed by atoms with Crippen LogP contribution in [0.4, 0.5) is 0 Å². The van der Waals surface area contributed by atoms with Crippen molar-refractivity contribution in [2.45, 2.75) is 64.3 Å².